The summed E-state index contributed by atoms with van der Waals surface area (Å²) in [5, 5.41) is 4.16. The highest BCUT2D eigenvalue weighted by molar-refractivity contribution is 8.13. The molecule has 0 amide bonds. The van der Waals surface area contributed by atoms with Crippen LogP contribution in [-0.4, -0.2) is 18.2 Å². The Hall–Kier alpha value is -0.810. The standard InChI is InChI=1S/C10H15ClN2O2S/c1-7(2)5-6-13-9(4)10(8(3)12-13)16(11,14)15/h5H,6H2,1-4H3. The van der Waals surface area contributed by atoms with E-state index in [2.05, 4.69) is 5.10 Å². The zero-order valence-electron chi connectivity index (χ0n) is 9.78. The SMILES string of the molecule is CC(C)=CCn1nc(C)c(S(=O)(=O)Cl)c1C. The molecule has 0 bridgehead atoms. The van der Waals surface area contributed by atoms with Crippen LogP contribution < -0.4 is 0 Å². The molecule has 0 radical (unpaired) electrons. The number of nitrogens with zero attached hydrogens (tertiary/aromatic N) is 2. The number of rotatable bonds is 3. The van der Waals surface area contributed by atoms with Crippen molar-refractivity contribution in [3.63, 3.8) is 0 Å². The fourth-order valence-electron chi connectivity index (χ4n) is 1.48. The molecule has 0 aliphatic carbocycles. The van der Waals surface area contributed by atoms with Gasteiger partial charge in [0.05, 0.1) is 17.9 Å². The van der Waals surface area contributed by atoms with E-state index in [9.17, 15) is 8.42 Å². The Balaban J connectivity index is 3.23. The van der Waals surface area contributed by atoms with Gasteiger partial charge in [0.25, 0.3) is 9.05 Å². The average Bonchev–Trinajstić information content (AvgIpc) is 2.36. The molecule has 1 aromatic rings. The van der Waals surface area contributed by atoms with Gasteiger partial charge in [0.1, 0.15) is 4.90 Å². The first-order valence-electron chi connectivity index (χ1n) is 4.85. The van der Waals surface area contributed by atoms with Gasteiger partial charge in [0.15, 0.2) is 0 Å². The summed E-state index contributed by atoms with van der Waals surface area (Å²) < 4.78 is 24.3. The third-order valence-electron chi connectivity index (χ3n) is 2.23. The number of hydrogen-bond acceptors (Lipinski definition) is 3. The summed E-state index contributed by atoms with van der Waals surface area (Å²) in [6, 6.07) is 0. The van der Waals surface area contributed by atoms with Crippen LogP contribution in [0.15, 0.2) is 16.5 Å². The molecule has 1 rings (SSSR count). The van der Waals surface area contributed by atoms with Crippen molar-refractivity contribution in [1.82, 2.24) is 9.78 Å². The van der Waals surface area contributed by atoms with Crippen molar-refractivity contribution >= 4 is 19.7 Å². The van der Waals surface area contributed by atoms with Crippen molar-refractivity contribution < 1.29 is 8.42 Å². The summed E-state index contributed by atoms with van der Waals surface area (Å²) in [5.74, 6) is 0. The van der Waals surface area contributed by atoms with Crippen LogP contribution in [-0.2, 0) is 15.6 Å². The molecule has 0 fully saturated rings. The Bertz CT molecular complexity index is 525. The molecule has 0 spiro atoms. The molecule has 1 aromatic heterocycles. The average molecular weight is 263 g/mol. The summed E-state index contributed by atoms with van der Waals surface area (Å²) in [4.78, 5) is 0.122. The second-order valence-corrected chi connectivity index (χ2v) is 6.40. The van der Waals surface area contributed by atoms with Gasteiger partial charge in [-0.05, 0) is 27.7 Å². The largest absolute Gasteiger partial charge is 0.264 e. The highest BCUT2D eigenvalue weighted by atomic mass is 35.7. The molecule has 0 saturated heterocycles. The smallest absolute Gasteiger partial charge is 0.264 e. The van der Waals surface area contributed by atoms with Gasteiger partial charge in [-0.3, -0.25) is 4.68 Å². The first-order chi connectivity index (χ1) is 7.23. The van der Waals surface area contributed by atoms with Crippen molar-refractivity contribution in [3.8, 4) is 0 Å². The normalized spacial score (nSPS) is 11.6. The van der Waals surface area contributed by atoms with E-state index >= 15 is 0 Å². The van der Waals surface area contributed by atoms with E-state index < -0.39 is 9.05 Å². The zero-order valence-corrected chi connectivity index (χ0v) is 11.4. The molecule has 0 aromatic carbocycles. The lowest BCUT2D eigenvalue weighted by Gasteiger charge is -2.01. The zero-order chi connectivity index (χ0) is 12.5. The van der Waals surface area contributed by atoms with Gasteiger partial charge < -0.3 is 0 Å². The molecule has 4 nitrogen and oxygen atoms in total. The quantitative estimate of drug-likeness (QED) is 0.621. The lowest BCUT2D eigenvalue weighted by Crippen LogP contribution is -2.01. The predicted molar refractivity (Wildman–Crippen MR) is 64.2 cm³/mol. The molecule has 0 saturated carbocycles. The molecule has 16 heavy (non-hydrogen) atoms. The maximum absolute atomic E-state index is 11.3. The second-order valence-electron chi connectivity index (χ2n) is 3.90. The van der Waals surface area contributed by atoms with E-state index in [1.807, 2.05) is 19.9 Å². The monoisotopic (exact) mass is 262 g/mol. The van der Waals surface area contributed by atoms with Gasteiger partial charge in [0, 0.05) is 10.7 Å². The predicted octanol–water partition coefficient (Wildman–Crippen LogP) is 2.39. The fraction of sp³-hybridized carbons (Fsp3) is 0.500. The molecular weight excluding hydrogens is 248 g/mol. The van der Waals surface area contributed by atoms with E-state index in [-0.39, 0.29) is 4.90 Å². The summed E-state index contributed by atoms with van der Waals surface area (Å²) in [7, 11) is 1.63. The highest BCUT2D eigenvalue weighted by Gasteiger charge is 2.21. The summed E-state index contributed by atoms with van der Waals surface area (Å²) in [5.41, 5.74) is 2.17. The van der Waals surface area contributed by atoms with E-state index in [0.717, 1.165) is 5.57 Å². The third kappa shape index (κ3) is 2.86. The van der Waals surface area contributed by atoms with Gasteiger partial charge in [-0.2, -0.15) is 5.10 Å². The molecule has 0 aliphatic heterocycles. The van der Waals surface area contributed by atoms with Crippen LogP contribution in [0.5, 0.6) is 0 Å². The lowest BCUT2D eigenvalue weighted by molar-refractivity contribution is 0.607. The summed E-state index contributed by atoms with van der Waals surface area (Å²) in [6.07, 6.45) is 1.98. The maximum Gasteiger partial charge on any atom is 0.264 e. The number of aryl methyl sites for hydroxylation is 1. The van der Waals surface area contributed by atoms with E-state index in [0.29, 0.717) is 17.9 Å². The first-order valence-corrected chi connectivity index (χ1v) is 7.16. The van der Waals surface area contributed by atoms with Crippen LogP contribution in [0, 0.1) is 13.8 Å². The lowest BCUT2D eigenvalue weighted by atomic mass is 10.3. The van der Waals surface area contributed by atoms with Crippen molar-refractivity contribution in [2.75, 3.05) is 0 Å². The van der Waals surface area contributed by atoms with Crippen LogP contribution in [0.4, 0.5) is 0 Å². The molecule has 90 valence electrons. The Kier molecular flexibility index (Phi) is 3.80. The maximum atomic E-state index is 11.3. The van der Waals surface area contributed by atoms with Gasteiger partial charge in [-0.1, -0.05) is 11.6 Å². The van der Waals surface area contributed by atoms with Gasteiger partial charge in [0.2, 0.25) is 0 Å². The Morgan fingerprint density at radius 1 is 1.44 bits per heavy atom. The molecular formula is C10H15ClN2O2S. The molecule has 0 unspecified atom stereocenters. The molecule has 6 heteroatoms. The van der Waals surface area contributed by atoms with E-state index in [1.165, 1.54) is 0 Å². The Labute approximate surface area is 100 Å². The molecule has 0 aliphatic rings. The minimum atomic E-state index is -3.71. The second kappa shape index (κ2) is 4.59. The third-order valence-corrected chi connectivity index (χ3v) is 3.77. The fourth-order valence-corrected chi connectivity index (χ4v) is 3.00. The first kappa shape index (κ1) is 13.3. The molecule has 0 N–H and O–H groups in total. The topological polar surface area (TPSA) is 52.0 Å². The number of hydrogen-bond donors (Lipinski definition) is 0. The van der Waals surface area contributed by atoms with E-state index in [4.69, 9.17) is 10.7 Å². The van der Waals surface area contributed by atoms with Crippen molar-refractivity contribution in [1.29, 1.82) is 0 Å². The molecule has 0 atom stereocenters. The van der Waals surface area contributed by atoms with Crippen molar-refractivity contribution in [3.05, 3.63) is 23.0 Å². The summed E-state index contributed by atoms with van der Waals surface area (Å²) >= 11 is 0. The van der Waals surface area contributed by atoms with Crippen LogP contribution in [0.3, 0.4) is 0 Å². The van der Waals surface area contributed by atoms with Gasteiger partial charge in [-0.25, -0.2) is 8.42 Å². The van der Waals surface area contributed by atoms with Gasteiger partial charge in [-0.15, -0.1) is 0 Å². The minimum Gasteiger partial charge on any atom is -0.264 e. The number of aromatic nitrogens is 2. The van der Waals surface area contributed by atoms with Crippen LogP contribution in [0.25, 0.3) is 0 Å². The van der Waals surface area contributed by atoms with Crippen LogP contribution in [0.1, 0.15) is 25.2 Å². The van der Waals surface area contributed by atoms with Gasteiger partial charge >= 0.3 is 0 Å². The minimum absolute atomic E-state index is 0.122. The Morgan fingerprint density at radius 3 is 2.38 bits per heavy atom. The number of allylic oxidation sites excluding steroid dienone is 2. The molecule has 1 heterocycles. The van der Waals surface area contributed by atoms with Crippen LogP contribution in [0.2, 0.25) is 0 Å². The number of halogens is 1. The summed E-state index contributed by atoms with van der Waals surface area (Å²) in [6.45, 7) is 7.85. The van der Waals surface area contributed by atoms with Crippen molar-refractivity contribution in [2.45, 2.75) is 39.1 Å². The van der Waals surface area contributed by atoms with Crippen molar-refractivity contribution in [2.24, 2.45) is 0 Å². The highest BCUT2D eigenvalue weighted by Crippen LogP contribution is 2.23. The van der Waals surface area contributed by atoms with E-state index in [1.54, 1.807) is 18.5 Å². The Morgan fingerprint density at radius 2 is 2.00 bits per heavy atom. The van der Waals surface area contributed by atoms with Crippen LogP contribution >= 0.6 is 10.7 Å².